The number of nitrogens with zero attached hydrogens (tertiary/aromatic N) is 15. The van der Waals surface area contributed by atoms with Crippen molar-refractivity contribution >= 4 is 103 Å². The largest absolute Gasteiger partial charge is 0.380 e. The Labute approximate surface area is 771 Å². The molecule has 682 valence electrons. The highest BCUT2D eigenvalue weighted by molar-refractivity contribution is 7.90. The first kappa shape index (κ1) is 90.0. The number of hydrogen-bond donors (Lipinski definition) is 0. The highest BCUT2D eigenvalue weighted by atomic mass is 32.2. The molecule has 6 saturated heterocycles. The topological polar surface area (TPSA) is 242 Å². The van der Waals surface area contributed by atoms with Crippen LogP contribution in [0.2, 0.25) is 0 Å². The molecule has 1 unspecified atom stereocenters. The molecule has 0 spiro atoms. The molecule has 21 rings (SSSR count). The summed E-state index contributed by atoms with van der Waals surface area (Å²) in [5, 5.41) is 12.3. The molecule has 0 bridgehead atoms. The fourth-order valence-corrected chi connectivity index (χ4v) is 28.1. The van der Waals surface area contributed by atoms with E-state index in [9.17, 15) is 25.3 Å². The third kappa shape index (κ3) is 20.0. The molecule has 15 heterocycles. The minimum atomic E-state index is -3.84. The third-order valence-electron chi connectivity index (χ3n) is 28.8. The lowest BCUT2D eigenvalue weighted by Gasteiger charge is -2.36. The van der Waals surface area contributed by atoms with Crippen molar-refractivity contribution in [2.24, 2.45) is 0 Å². The first-order chi connectivity index (χ1) is 62.9. The van der Waals surface area contributed by atoms with Crippen LogP contribution in [0.3, 0.4) is 0 Å². The number of aromatic nitrogens is 9. The van der Waals surface area contributed by atoms with Crippen LogP contribution in [0.4, 0.5) is 0 Å². The first-order valence-electron chi connectivity index (χ1n) is 46.9. The Morgan fingerprint density at radius 3 is 1.02 bits per heavy atom. The molecule has 9 aromatic heterocycles. The smallest absolute Gasteiger partial charge is 0.269 e. The molecular formula is C99H121N15O9S6. The van der Waals surface area contributed by atoms with Gasteiger partial charge < -0.3 is 28.9 Å². The summed E-state index contributed by atoms with van der Waals surface area (Å²) in [6.07, 6.45) is 35.4. The summed E-state index contributed by atoms with van der Waals surface area (Å²) >= 11 is 5.09. The van der Waals surface area contributed by atoms with Crippen molar-refractivity contribution < 1.29 is 39.5 Å². The summed E-state index contributed by atoms with van der Waals surface area (Å²) in [4.78, 5) is 45.5. The number of hydrogen-bond acceptors (Lipinski definition) is 24. The summed E-state index contributed by atoms with van der Waals surface area (Å²) in [6, 6.07) is 34.2. The van der Waals surface area contributed by atoms with Crippen molar-refractivity contribution in [3.05, 3.63) is 200 Å². The van der Waals surface area contributed by atoms with E-state index in [4.69, 9.17) is 44.1 Å². The molecule has 6 aliphatic heterocycles. The Morgan fingerprint density at radius 1 is 0.349 bits per heavy atom. The van der Waals surface area contributed by atoms with Crippen LogP contribution in [-0.2, 0) is 44.3 Å². The highest BCUT2D eigenvalue weighted by Gasteiger charge is 2.36. The SMILES string of the molecule is CN1CCC(c2nc(-c3cn(S(=O)(=O)c4ccccc4)c4ncc(C5=CCC(N6CCCOCC6)CC5)cc34)cs2)CC1.CN1CCC(c2nc(-c3cn(S(=O)(=O)c4ccccc4)c4ncc(C5CCC(N6CCCOCC6)CC5)cc34)cs2)CC1.CN1CCC(c2nc(-c3cn(S(=O)(=O)c4ccccc4)c4ncc(C5CCC(N6CCCOCC6)CC5)cc34)cs2)CC1. The number of rotatable bonds is 18. The minimum Gasteiger partial charge on any atom is -0.380 e. The van der Waals surface area contributed by atoms with E-state index in [1.807, 2.05) is 36.8 Å². The molecule has 3 aromatic carbocycles. The highest BCUT2D eigenvalue weighted by Crippen LogP contribution is 2.46. The Balaban J connectivity index is 0.000000126. The van der Waals surface area contributed by atoms with Crippen LogP contribution in [-0.4, -0.2) is 254 Å². The zero-order chi connectivity index (χ0) is 88.2. The van der Waals surface area contributed by atoms with E-state index in [1.165, 1.54) is 54.3 Å². The molecule has 0 amide bonds. The Hall–Kier alpha value is -8.15. The molecule has 24 nitrogen and oxygen atoms in total. The average Bonchev–Trinajstić information content (AvgIpc) is 1.60. The van der Waals surface area contributed by atoms with Gasteiger partial charge >= 0.3 is 0 Å². The van der Waals surface area contributed by atoms with Crippen molar-refractivity contribution in [1.82, 2.24) is 71.2 Å². The number of piperidine rings is 3. The molecule has 0 N–H and O–H groups in total. The molecule has 30 heteroatoms. The molecule has 9 aliphatic rings. The predicted octanol–water partition coefficient (Wildman–Crippen LogP) is 17.8. The van der Waals surface area contributed by atoms with E-state index in [2.05, 4.69) is 91.0 Å². The van der Waals surface area contributed by atoms with Gasteiger partial charge in [0.15, 0.2) is 16.9 Å². The van der Waals surface area contributed by atoms with Gasteiger partial charge in [-0.15, -0.1) is 34.0 Å². The molecule has 12 aromatic rings. The summed E-state index contributed by atoms with van der Waals surface area (Å²) < 4.78 is 104. The summed E-state index contributed by atoms with van der Waals surface area (Å²) in [7, 11) is -4.97. The maximum Gasteiger partial charge on any atom is 0.269 e. The van der Waals surface area contributed by atoms with E-state index in [1.54, 1.807) is 125 Å². The second-order valence-corrected chi connectivity index (χ2v) is 45.1. The Morgan fingerprint density at radius 2 is 0.682 bits per heavy atom. The lowest BCUT2D eigenvalue weighted by Crippen LogP contribution is -2.39. The van der Waals surface area contributed by atoms with E-state index in [0.717, 1.165) is 291 Å². The number of ether oxygens (including phenoxy) is 3. The van der Waals surface area contributed by atoms with Crippen LogP contribution in [0.25, 0.3) is 72.4 Å². The van der Waals surface area contributed by atoms with Gasteiger partial charge in [-0.1, -0.05) is 60.7 Å². The number of benzene rings is 3. The number of allylic oxidation sites excluding steroid dienone is 1. The third-order valence-corrected chi connectivity index (χ3v) is 36.8. The van der Waals surface area contributed by atoms with Gasteiger partial charge in [0, 0.05) is 181 Å². The molecule has 0 radical (unpaired) electrons. The maximum atomic E-state index is 13.9. The quantitative estimate of drug-likeness (QED) is 0.0775. The average molecular weight is 1860 g/mol. The zero-order valence-corrected chi connectivity index (χ0v) is 79.4. The van der Waals surface area contributed by atoms with Crippen LogP contribution in [0.15, 0.2) is 183 Å². The molecule has 3 aliphatic carbocycles. The number of fused-ring (bicyclic) bond motifs is 3. The van der Waals surface area contributed by atoms with Gasteiger partial charge in [0.1, 0.15) is 0 Å². The van der Waals surface area contributed by atoms with E-state index >= 15 is 0 Å². The number of thiazole rings is 3. The predicted molar refractivity (Wildman–Crippen MR) is 515 cm³/mol. The van der Waals surface area contributed by atoms with Gasteiger partial charge in [-0.2, -0.15) is 0 Å². The van der Waals surface area contributed by atoms with Gasteiger partial charge in [-0.25, -0.2) is 67.1 Å². The van der Waals surface area contributed by atoms with Gasteiger partial charge in [0.25, 0.3) is 30.1 Å². The van der Waals surface area contributed by atoms with Crippen molar-refractivity contribution in [3.63, 3.8) is 0 Å². The van der Waals surface area contributed by atoms with Crippen molar-refractivity contribution in [2.45, 2.75) is 191 Å². The van der Waals surface area contributed by atoms with Crippen LogP contribution in [0.5, 0.6) is 0 Å². The zero-order valence-electron chi connectivity index (χ0n) is 74.5. The van der Waals surface area contributed by atoms with E-state index in [-0.39, 0.29) is 14.7 Å². The van der Waals surface area contributed by atoms with Crippen LogP contribution in [0.1, 0.15) is 190 Å². The second kappa shape index (κ2) is 40.3. The lowest BCUT2D eigenvalue weighted by atomic mass is 9.81. The standard InChI is InChI=1S/2C33H41N5O3S2.C33H39N5O3S2/c3*1-36-15-12-25(13-16-36)33-35-31(23-42-33)30-22-38(43(39,40)28-6-3-2-4-7-28)32-29(30)20-26(21-34-32)24-8-10-27(11-9-24)37-14-5-18-41-19-17-37/h2*2-4,6-7,20-25,27H,5,8-19H2,1H3;2-4,6-8,20-23,25,27H,5,9-19H2,1H3. The second-order valence-electron chi connectivity index (χ2n) is 37.0. The van der Waals surface area contributed by atoms with Crippen LogP contribution in [0, 0.1) is 0 Å². The van der Waals surface area contributed by atoms with E-state index in [0.29, 0.717) is 64.7 Å². The van der Waals surface area contributed by atoms with Crippen molar-refractivity contribution in [3.8, 4) is 33.8 Å². The summed E-state index contributed by atoms with van der Waals surface area (Å²) in [5.41, 5.74) is 11.1. The molecule has 129 heavy (non-hydrogen) atoms. The monoisotopic (exact) mass is 1860 g/mol. The van der Waals surface area contributed by atoms with Crippen molar-refractivity contribution in [2.75, 3.05) is 139 Å². The van der Waals surface area contributed by atoms with E-state index < -0.39 is 30.1 Å². The number of likely N-dealkylation sites (tertiary alicyclic amines) is 3. The van der Waals surface area contributed by atoms with Crippen molar-refractivity contribution in [1.29, 1.82) is 0 Å². The molecule has 8 fully saturated rings. The summed E-state index contributed by atoms with van der Waals surface area (Å²) in [6.45, 7) is 18.0. The van der Waals surface area contributed by atoms with Gasteiger partial charge in [0.2, 0.25) is 0 Å². The van der Waals surface area contributed by atoms with Gasteiger partial charge in [-0.05, 0) is 278 Å². The Bertz CT molecular complexity index is 5940. The summed E-state index contributed by atoms with van der Waals surface area (Å²) in [5.74, 6) is 2.19. The lowest BCUT2D eigenvalue weighted by molar-refractivity contribution is 0.118. The maximum absolute atomic E-state index is 13.9. The first-order valence-corrected chi connectivity index (χ1v) is 53.9. The van der Waals surface area contributed by atoms with Gasteiger partial charge in [0.05, 0.1) is 66.6 Å². The van der Waals surface area contributed by atoms with Crippen LogP contribution >= 0.6 is 34.0 Å². The molecule has 2 saturated carbocycles. The van der Waals surface area contributed by atoms with Gasteiger partial charge in [-0.3, -0.25) is 14.7 Å². The minimum absolute atomic E-state index is 0.245. The molecular weight excluding hydrogens is 1740 g/mol. The number of pyridine rings is 3. The fraction of sp³-hybridized carbons (Fsp3) is 0.495. The molecule has 1 atom stereocenters. The fourth-order valence-electron chi connectivity index (χ4n) is 21.1. The Kier molecular flexibility index (Phi) is 28.2. The normalized spacial score (nSPS) is 22.8. The van der Waals surface area contributed by atoms with Crippen LogP contribution < -0.4 is 0 Å².